The van der Waals surface area contributed by atoms with Crippen molar-refractivity contribution >= 4 is 35.1 Å². The minimum absolute atomic E-state index is 0.723. The summed E-state index contributed by atoms with van der Waals surface area (Å²) in [6, 6.07) is 13.2. The normalized spacial score (nSPS) is 11.0. The second-order valence-electron chi connectivity index (χ2n) is 3.69. The van der Waals surface area contributed by atoms with Gasteiger partial charge in [0, 0.05) is 16.3 Å². The summed E-state index contributed by atoms with van der Waals surface area (Å²) in [7, 11) is 0. The van der Waals surface area contributed by atoms with E-state index in [4.69, 9.17) is 23.2 Å². The molecule has 1 nitrogen and oxygen atoms in total. The van der Waals surface area contributed by atoms with Crippen LogP contribution in [0.3, 0.4) is 0 Å². The lowest BCUT2D eigenvalue weighted by Gasteiger charge is -2.01. The van der Waals surface area contributed by atoms with Crippen molar-refractivity contribution in [3.8, 4) is 0 Å². The minimum atomic E-state index is 0.723. The second kappa shape index (κ2) is 5.35. The summed E-state index contributed by atoms with van der Waals surface area (Å²) in [6.07, 6.45) is 1.80. The Morgan fingerprint density at radius 1 is 1.00 bits per heavy atom. The first-order valence-corrected chi connectivity index (χ1v) is 5.97. The molecule has 2 rings (SSSR count). The Morgan fingerprint density at radius 3 is 2.41 bits per heavy atom. The fourth-order valence-electron chi connectivity index (χ4n) is 1.43. The summed E-state index contributed by atoms with van der Waals surface area (Å²) in [4.78, 5) is 4.41. The number of benzene rings is 2. The van der Waals surface area contributed by atoms with Gasteiger partial charge in [-0.25, -0.2) is 0 Å². The van der Waals surface area contributed by atoms with Gasteiger partial charge >= 0.3 is 0 Å². The lowest BCUT2D eigenvalue weighted by atomic mass is 10.2. The van der Waals surface area contributed by atoms with Crippen molar-refractivity contribution in [3.05, 3.63) is 63.6 Å². The van der Waals surface area contributed by atoms with Gasteiger partial charge in [0.1, 0.15) is 0 Å². The third kappa shape index (κ3) is 3.09. The minimum Gasteiger partial charge on any atom is -0.256 e. The Kier molecular flexibility index (Phi) is 3.82. The van der Waals surface area contributed by atoms with Crippen molar-refractivity contribution in [2.45, 2.75) is 6.92 Å². The number of aliphatic imine (C=N–C) groups is 1. The van der Waals surface area contributed by atoms with Crippen LogP contribution in [0.15, 0.2) is 47.5 Å². The van der Waals surface area contributed by atoms with E-state index in [1.54, 1.807) is 6.21 Å². The van der Waals surface area contributed by atoms with Crippen LogP contribution in [0.25, 0.3) is 0 Å². The first-order valence-electron chi connectivity index (χ1n) is 5.21. The molecule has 0 heterocycles. The molecule has 86 valence electrons. The quantitative estimate of drug-likeness (QED) is 0.673. The molecule has 0 aliphatic heterocycles. The molecule has 2 aromatic carbocycles. The third-order valence-corrected chi connectivity index (χ3v) is 3.12. The highest BCUT2D eigenvalue weighted by molar-refractivity contribution is 6.31. The maximum atomic E-state index is 6.03. The van der Waals surface area contributed by atoms with Gasteiger partial charge in [0.05, 0.1) is 5.69 Å². The Labute approximate surface area is 111 Å². The molecule has 0 aliphatic carbocycles. The molecule has 0 bridgehead atoms. The van der Waals surface area contributed by atoms with Gasteiger partial charge in [-0.05, 0) is 42.3 Å². The van der Waals surface area contributed by atoms with Crippen molar-refractivity contribution < 1.29 is 0 Å². The molecule has 3 heteroatoms. The van der Waals surface area contributed by atoms with E-state index in [2.05, 4.69) is 4.99 Å². The lowest BCUT2D eigenvalue weighted by molar-refractivity contribution is 1.40. The van der Waals surface area contributed by atoms with E-state index in [0.717, 1.165) is 26.9 Å². The summed E-state index contributed by atoms with van der Waals surface area (Å²) >= 11 is 11.8. The average molecular weight is 264 g/mol. The zero-order valence-corrected chi connectivity index (χ0v) is 10.8. The molecule has 0 unspecified atom stereocenters. The second-order valence-corrected chi connectivity index (χ2v) is 4.54. The largest absolute Gasteiger partial charge is 0.256 e. The van der Waals surface area contributed by atoms with Crippen LogP contribution in [0.2, 0.25) is 10.0 Å². The van der Waals surface area contributed by atoms with Crippen LogP contribution in [0.5, 0.6) is 0 Å². The number of nitrogens with zero attached hydrogens (tertiary/aromatic N) is 1. The molecule has 0 radical (unpaired) electrons. The van der Waals surface area contributed by atoms with Gasteiger partial charge in [0.25, 0.3) is 0 Å². The van der Waals surface area contributed by atoms with Crippen LogP contribution in [0.4, 0.5) is 5.69 Å². The summed E-state index contributed by atoms with van der Waals surface area (Å²) in [5.41, 5.74) is 2.88. The van der Waals surface area contributed by atoms with Gasteiger partial charge in [-0.15, -0.1) is 0 Å². The summed E-state index contributed by atoms with van der Waals surface area (Å²) in [6.45, 7) is 1.96. The third-order valence-electron chi connectivity index (χ3n) is 2.46. The molecule has 0 aliphatic rings. The topological polar surface area (TPSA) is 12.4 Å². The molecule has 2 aromatic rings. The van der Waals surface area contributed by atoms with E-state index in [1.807, 2.05) is 49.4 Å². The van der Waals surface area contributed by atoms with Crippen molar-refractivity contribution in [1.82, 2.24) is 0 Å². The Hall–Kier alpha value is -1.31. The molecule has 0 saturated carbocycles. The smallest absolute Gasteiger partial charge is 0.0673 e. The van der Waals surface area contributed by atoms with Crippen molar-refractivity contribution in [3.63, 3.8) is 0 Å². The summed E-state index contributed by atoms with van der Waals surface area (Å²) in [5, 5.41) is 1.46. The molecule has 0 amide bonds. The summed E-state index contributed by atoms with van der Waals surface area (Å²) < 4.78 is 0. The molecule has 0 fully saturated rings. The van der Waals surface area contributed by atoms with Gasteiger partial charge in [0.15, 0.2) is 0 Å². The predicted octanol–water partition coefficient (Wildman–Crippen LogP) is 5.05. The van der Waals surface area contributed by atoms with Gasteiger partial charge in [0.2, 0.25) is 0 Å². The number of hydrogen-bond donors (Lipinski definition) is 0. The van der Waals surface area contributed by atoms with Crippen molar-refractivity contribution in [2.75, 3.05) is 0 Å². The van der Waals surface area contributed by atoms with E-state index < -0.39 is 0 Å². The molecule has 0 spiro atoms. The highest BCUT2D eigenvalue weighted by atomic mass is 35.5. The zero-order chi connectivity index (χ0) is 12.3. The van der Waals surface area contributed by atoms with Gasteiger partial charge in [-0.1, -0.05) is 41.4 Å². The van der Waals surface area contributed by atoms with Crippen molar-refractivity contribution in [1.29, 1.82) is 0 Å². The number of hydrogen-bond acceptors (Lipinski definition) is 1. The SMILES string of the molecule is Cc1c(Cl)cccc1N=Cc1ccc(Cl)cc1. The monoisotopic (exact) mass is 263 g/mol. The predicted molar refractivity (Wildman–Crippen MR) is 74.9 cm³/mol. The fraction of sp³-hybridized carbons (Fsp3) is 0.0714. The van der Waals surface area contributed by atoms with Crippen LogP contribution < -0.4 is 0 Å². The van der Waals surface area contributed by atoms with E-state index in [1.165, 1.54) is 0 Å². The van der Waals surface area contributed by atoms with Crippen LogP contribution in [-0.4, -0.2) is 6.21 Å². The molecule has 0 N–H and O–H groups in total. The van der Waals surface area contributed by atoms with Gasteiger partial charge in [-0.3, -0.25) is 4.99 Å². The molecule has 0 saturated heterocycles. The number of rotatable bonds is 2. The maximum Gasteiger partial charge on any atom is 0.0673 e. The highest BCUT2D eigenvalue weighted by Crippen LogP contribution is 2.25. The zero-order valence-electron chi connectivity index (χ0n) is 9.32. The molecule has 0 aromatic heterocycles. The molecule has 0 atom stereocenters. The lowest BCUT2D eigenvalue weighted by Crippen LogP contribution is -1.81. The maximum absolute atomic E-state index is 6.03. The van der Waals surface area contributed by atoms with Crippen molar-refractivity contribution in [2.24, 2.45) is 4.99 Å². The fourth-order valence-corrected chi connectivity index (χ4v) is 1.72. The van der Waals surface area contributed by atoms with E-state index >= 15 is 0 Å². The Bertz CT molecular complexity index is 545. The van der Waals surface area contributed by atoms with Gasteiger partial charge < -0.3 is 0 Å². The molecule has 17 heavy (non-hydrogen) atoms. The summed E-state index contributed by atoms with van der Waals surface area (Å²) in [5.74, 6) is 0. The van der Waals surface area contributed by atoms with E-state index in [0.29, 0.717) is 0 Å². The van der Waals surface area contributed by atoms with Gasteiger partial charge in [-0.2, -0.15) is 0 Å². The highest BCUT2D eigenvalue weighted by Gasteiger charge is 1.99. The Balaban J connectivity index is 2.26. The standard InChI is InChI=1S/C14H11Cl2N/c1-10-13(16)3-2-4-14(10)17-9-11-5-7-12(15)8-6-11/h2-9H,1H3. The van der Waals surface area contributed by atoms with Crippen LogP contribution in [0, 0.1) is 6.92 Å². The van der Waals surface area contributed by atoms with E-state index in [-0.39, 0.29) is 0 Å². The first kappa shape index (κ1) is 12.2. The van der Waals surface area contributed by atoms with E-state index in [9.17, 15) is 0 Å². The van der Waals surface area contributed by atoms with Crippen LogP contribution >= 0.6 is 23.2 Å². The average Bonchev–Trinajstić information content (AvgIpc) is 2.33. The van der Waals surface area contributed by atoms with Crippen LogP contribution in [-0.2, 0) is 0 Å². The van der Waals surface area contributed by atoms with Crippen LogP contribution in [0.1, 0.15) is 11.1 Å². The Morgan fingerprint density at radius 2 is 1.71 bits per heavy atom. The first-order chi connectivity index (χ1) is 8.16. The molecular weight excluding hydrogens is 253 g/mol. The molecular formula is C14H11Cl2N. The number of halogens is 2.